The van der Waals surface area contributed by atoms with Gasteiger partial charge in [-0.05, 0) is 44.0 Å². The average molecular weight is 402 g/mol. The number of hydrogen-bond acceptors (Lipinski definition) is 4. The first-order valence-corrected chi connectivity index (χ1v) is 10.1. The zero-order valence-electron chi connectivity index (χ0n) is 16.1. The summed E-state index contributed by atoms with van der Waals surface area (Å²) in [5, 5.41) is 3.33. The van der Waals surface area contributed by atoms with Crippen molar-refractivity contribution in [1.29, 1.82) is 0 Å². The highest BCUT2D eigenvalue weighted by Gasteiger charge is 2.18. The monoisotopic (exact) mass is 402 g/mol. The number of aromatic nitrogens is 3. The molecule has 2 heterocycles. The van der Waals surface area contributed by atoms with Crippen LogP contribution in [0.15, 0.2) is 40.3 Å². The first-order chi connectivity index (χ1) is 13.4. The van der Waals surface area contributed by atoms with Gasteiger partial charge in [-0.25, -0.2) is 9.37 Å². The Bertz CT molecular complexity index is 1040. The number of rotatable bonds is 7. The van der Waals surface area contributed by atoms with Gasteiger partial charge < -0.3 is 10.3 Å². The lowest BCUT2D eigenvalue weighted by Gasteiger charge is -2.17. The van der Waals surface area contributed by atoms with Crippen molar-refractivity contribution in [1.82, 2.24) is 19.9 Å². The van der Waals surface area contributed by atoms with Gasteiger partial charge in [-0.3, -0.25) is 14.2 Å². The van der Waals surface area contributed by atoms with Gasteiger partial charge in [-0.1, -0.05) is 30.8 Å². The lowest BCUT2D eigenvalue weighted by atomic mass is 10.2. The zero-order valence-corrected chi connectivity index (χ0v) is 16.9. The number of aromatic amines is 1. The van der Waals surface area contributed by atoms with Crippen LogP contribution in [-0.4, -0.2) is 26.2 Å². The van der Waals surface area contributed by atoms with Crippen LogP contribution in [0, 0.1) is 12.7 Å². The molecule has 1 atom stereocenters. The first-order valence-electron chi connectivity index (χ1n) is 9.14. The van der Waals surface area contributed by atoms with Crippen molar-refractivity contribution in [2.24, 2.45) is 0 Å². The van der Waals surface area contributed by atoms with Crippen LogP contribution in [0.1, 0.15) is 37.6 Å². The fourth-order valence-electron chi connectivity index (χ4n) is 2.85. The molecule has 0 radical (unpaired) electrons. The van der Waals surface area contributed by atoms with Gasteiger partial charge in [0.05, 0.1) is 11.3 Å². The number of aryl methyl sites for hydroxylation is 1. The van der Waals surface area contributed by atoms with Crippen molar-refractivity contribution >= 4 is 28.7 Å². The molecule has 2 N–H and O–H groups in total. The third-order valence-electron chi connectivity index (χ3n) is 4.55. The van der Waals surface area contributed by atoms with Gasteiger partial charge >= 0.3 is 0 Å². The normalized spacial score (nSPS) is 12.3. The molecule has 0 fully saturated rings. The molecule has 0 spiro atoms. The van der Waals surface area contributed by atoms with Crippen molar-refractivity contribution in [3.63, 3.8) is 0 Å². The van der Waals surface area contributed by atoms with Crippen LogP contribution < -0.4 is 10.9 Å². The Morgan fingerprint density at radius 3 is 2.75 bits per heavy atom. The molecular formula is C20H23FN4O2S. The van der Waals surface area contributed by atoms with E-state index in [0.29, 0.717) is 22.7 Å². The van der Waals surface area contributed by atoms with Crippen LogP contribution in [0.3, 0.4) is 0 Å². The molecule has 2 aromatic heterocycles. The maximum Gasteiger partial charge on any atom is 0.278 e. The Labute approximate surface area is 166 Å². The third-order valence-corrected chi connectivity index (χ3v) is 5.51. The highest BCUT2D eigenvalue weighted by molar-refractivity contribution is 7.99. The number of thioether (sulfide) groups is 1. The highest BCUT2D eigenvalue weighted by atomic mass is 32.2. The van der Waals surface area contributed by atoms with E-state index in [-0.39, 0.29) is 29.1 Å². The molecular weight excluding hydrogens is 379 g/mol. The smallest absolute Gasteiger partial charge is 0.278 e. The summed E-state index contributed by atoms with van der Waals surface area (Å²) >= 11 is 1.24. The number of nitrogens with one attached hydrogen (secondary N) is 2. The molecule has 0 aliphatic carbocycles. The second-order valence-electron chi connectivity index (χ2n) is 6.73. The molecule has 28 heavy (non-hydrogen) atoms. The number of nitrogens with zero attached hydrogens (tertiary/aromatic N) is 2. The van der Waals surface area contributed by atoms with Crippen molar-refractivity contribution in [3.8, 4) is 0 Å². The van der Waals surface area contributed by atoms with Crippen LogP contribution in [-0.2, 0) is 11.3 Å². The lowest BCUT2D eigenvalue weighted by molar-refractivity contribution is -0.118. The quantitative estimate of drug-likeness (QED) is 0.468. The average Bonchev–Trinajstić information content (AvgIpc) is 3.06. The molecule has 0 aliphatic rings. The van der Waals surface area contributed by atoms with E-state index in [1.807, 2.05) is 26.8 Å². The highest BCUT2D eigenvalue weighted by Crippen LogP contribution is 2.22. The van der Waals surface area contributed by atoms with E-state index in [2.05, 4.69) is 15.3 Å². The van der Waals surface area contributed by atoms with Gasteiger partial charge in [-0.2, -0.15) is 0 Å². The summed E-state index contributed by atoms with van der Waals surface area (Å²) in [6.45, 7) is 6.17. The zero-order chi connectivity index (χ0) is 20.3. The van der Waals surface area contributed by atoms with Crippen molar-refractivity contribution in [2.45, 2.75) is 44.9 Å². The Balaban J connectivity index is 1.74. The second-order valence-corrected chi connectivity index (χ2v) is 7.67. The Morgan fingerprint density at radius 2 is 2.07 bits per heavy atom. The summed E-state index contributed by atoms with van der Waals surface area (Å²) in [6.07, 6.45) is 0.775. The molecule has 0 bridgehead atoms. The maximum absolute atomic E-state index is 12.9. The van der Waals surface area contributed by atoms with Crippen LogP contribution in [0.2, 0.25) is 0 Å². The Morgan fingerprint density at radius 1 is 1.36 bits per heavy atom. The van der Waals surface area contributed by atoms with E-state index in [0.717, 1.165) is 17.7 Å². The molecule has 8 heteroatoms. The molecule has 6 nitrogen and oxygen atoms in total. The molecule has 1 aromatic carbocycles. The van der Waals surface area contributed by atoms with E-state index in [9.17, 15) is 14.0 Å². The van der Waals surface area contributed by atoms with Gasteiger partial charge in [0, 0.05) is 18.3 Å². The predicted octanol–water partition coefficient (Wildman–Crippen LogP) is 3.55. The largest absolute Gasteiger partial charge is 0.353 e. The van der Waals surface area contributed by atoms with Gasteiger partial charge in [0.2, 0.25) is 5.91 Å². The van der Waals surface area contributed by atoms with Crippen LogP contribution in [0.4, 0.5) is 4.39 Å². The number of fused-ring (bicyclic) bond motifs is 1. The molecule has 0 aliphatic heterocycles. The molecule has 148 valence electrons. The SMILES string of the molecule is CCC(C)n1c(SCC(=O)NCc2ccc(F)cc2)nc2cc(C)[nH]c2c1=O. The van der Waals surface area contributed by atoms with Crippen molar-refractivity contribution in [2.75, 3.05) is 5.75 Å². The summed E-state index contributed by atoms with van der Waals surface area (Å²) < 4.78 is 14.6. The minimum Gasteiger partial charge on any atom is -0.353 e. The van der Waals surface area contributed by atoms with E-state index in [1.54, 1.807) is 16.7 Å². The molecule has 0 saturated heterocycles. The number of carbonyl (C=O) groups excluding carboxylic acids is 1. The van der Waals surface area contributed by atoms with Gasteiger partial charge in [-0.15, -0.1) is 0 Å². The van der Waals surface area contributed by atoms with Crippen LogP contribution >= 0.6 is 11.8 Å². The van der Waals surface area contributed by atoms with Crippen LogP contribution in [0.25, 0.3) is 11.0 Å². The van der Waals surface area contributed by atoms with Crippen molar-refractivity contribution in [3.05, 3.63) is 57.8 Å². The maximum atomic E-state index is 12.9. The minimum absolute atomic E-state index is 0.0298. The topological polar surface area (TPSA) is 79.8 Å². The second kappa shape index (κ2) is 8.60. The van der Waals surface area contributed by atoms with E-state index in [4.69, 9.17) is 0 Å². The fraction of sp³-hybridized carbons (Fsp3) is 0.350. The number of H-pyrrole nitrogens is 1. The molecule has 3 rings (SSSR count). The first kappa shape index (κ1) is 20.1. The minimum atomic E-state index is -0.310. The fourth-order valence-corrected chi connectivity index (χ4v) is 3.77. The Hall–Kier alpha value is -2.61. The standard InChI is InChI=1S/C20H23FN4O2S/c1-4-13(3)25-19(27)18-16(9-12(2)23-18)24-20(25)28-11-17(26)22-10-14-5-7-15(21)8-6-14/h5-9,13,23H,4,10-11H2,1-3H3,(H,22,26). The predicted molar refractivity (Wildman–Crippen MR) is 109 cm³/mol. The summed E-state index contributed by atoms with van der Waals surface area (Å²) in [5.74, 6) is -0.348. The lowest BCUT2D eigenvalue weighted by Crippen LogP contribution is -2.28. The number of amides is 1. The van der Waals surface area contributed by atoms with Crippen molar-refractivity contribution < 1.29 is 9.18 Å². The van der Waals surface area contributed by atoms with Crippen LogP contribution in [0.5, 0.6) is 0 Å². The van der Waals surface area contributed by atoms with Gasteiger partial charge in [0.25, 0.3) is 5.56 Å². The molecule has 1 unspecified atom stereocenters. The van der Waals surface area contributed by atoms with Gasteiger partial charge in [0.1, 0.15) is 11.3 Å². The summed E-state index contributed by atoms with van der Waals surface area (Å²) in [5.41, 5.74) is 2.66. The Kier molecular flexibility index (Phi) is 6.18. The molecule has 3 aromatic rings. The third kappa shape index (κ3) is 4.44. The number of carbonyl (C=O) groups is 1. The van der Waals surface area contributed by atoms with Gasteiger partial charge in [0.15, 0.2) is 5.16 Å². The molecule has 0 saturated carbocycles. The summed E-state index contributed by atoms with van der Waals surface area (Å²) in [6, 6.07) is 7.78. The van der Waals surface area contributed by atoms with E-state index < -0.39 is 0 Å². The number of halogens is 1. The number of benzene rings is 1. The van der Waals surface area contributed by atoms with E-state index in [1.165, 1.54) is 23.9 Å². The molecule has 1 amide bonds. The number of hydrogen-bond donors (Lipinski definition) is 2. The summed E-state index contributed by atoms with van der Waals surface area (Å²) in [7, 11) is 0. The summed E-state index contributed by atoms with van der Waals surface area (Å²) in [4.78, 5) is 32.8. The van der Waals surface area contributed by atoms with E-state index >= 15 is 0 Å².